The molecule has 1 unspecified atom stereocenters. The fourth-order valence-corrected chi connectivity index (χ4v) is 5.98. The van der Waals surface area contributed by atoms with Crippen LogP contribution in [0.3, 0.4) is 0 Å². The molecule has 224 valence electrons. The lowest BCUT2D eigenvalue weighted by molar-refractivity contribution is -0.870. The molecule has 1 atom stereocenters. The summed E-state index contributed by atoms with van der Waals surface area (Å²) in [5.41, 5.74) is 3.07. The SMILES string of the molecule is CCC(C)(C)c1ccc(-c2cccc(-c3ccc(C(CCCCC[N+](C)(C)C)(C(C)(C)C)C(F)(F)F)cc3)c2)cc1. The van der Waals surface area contributed by atoms with E-state index in [0.29, 0.717) is 12.0 Å². The van der Waals surface area contributed by atoms with Crippen LogP contribution in [0.15, 0.2) is 72.8 Å². The first-order valence-electron chi connectivity index (χ1n) is 15.1. The van der Waals surface area contributed by atoms with Gasteiger partial charge in [-0.25, -0.2) is 0 Å². The predicted molar refractivity (Wildman–Crippen MR) is 169 cm³/mol. The maximum absolute atomic E-state index is 15.0. The average molecular weight is 567 g/mol. The van der Waals surface area contributed by atoms with Gasteiger partial charge in [-0.15, -0.1) is 0 Å². The van der Waals surface area contributed by atoms with Gasteiger partial charge in [-0.05, 0) is 76.0 Å². The second-order valence-electron chi connectivity index (χ2n) is 14.5. The van der Waals surface area contributed by atoms with Gasteiger partial charge in [0.15, 0.2) is 0 Å². The Morgan fingerprint density at radius 1 is 0.610 bits per heavy atom. The zero-order valence-electron chi connectivity index (χ0n) is 26.8. The molecule has 0 aromatic heterocycles. The minimum atomic E-state index is -4.36. The fourth-order valence-electron chi connectivity index (χ4n) is 5.98. The van der Waals surface area contributed by atoms with Gasteiger partial charge in [-0.2, -0.15) is 13.2 Å². The molecule has 0 heterocycles. The van der Waals surface area contributed by atoms with Crippen LogP contribution in [0.2, 0.25) is 0 Å². The van der Waals surface area contributed by atoms with Crippen molar-refractivity contribution in [2.24, 2.45) is 5.41 Å². The third kappa shape index (κ3) is 7.63. The van der Waals surface area contributed by atoms with E-state index in [1.807, 2.05) is 24.3 Å². The van der Waals surface area contributed by atoms with E-state index < -0.39 is 17.0 Å². The van der Waals surface area contributed by atoms with Crippen LogP contribution in [-0.4, -0.2) is 38.3 Å². The Labute approximate surface area is 247 Å². The summed E-state index contributed by atoms with van der Waals surface area (Å²) in [5, 5.41) is 0. The number of benzene rings is 3. The molecule has 3 aromatic carbocycles. The van der Waals surface area contributed by atoms with Crippen LogP contribution in [0.5, 0.6) is 0 Å². The first kappa shape index (κ1) is 32.9. The van der Waals surface area contributed by atoms with Crippen molar-refractivity contribution in [3.63, 3.8) is 0 Å². The summed E-state index contributed by atoms with van der Waals surface area (Å²) in [6, 6.07) is 24.2. The maximum Gasteiger partial charge on any atom is 0.398 e. The zero-order valence-corrected chi connectivity index (χ0v) is 26.8. The Hall–Kier alpha value is -2.59. The highest BCUT2D eigenvalue weighted by Crippen LogP contribution is 2.55. The lowest BCUT2D eigenvalue weighted by Crippen LogP contribution is -2.52. The van der Waals surface area contributed by atoms with Crippen molar-refractivity contribution in [3.8, 4) is 22.3 Å². The van der Waals surface area contributed by atoms with E-state index in [4.69, 9.17) is 0 Å². The fraction of sp³-hybridized carbons (Fsp3) is 0.514. The number of hydrogen-bond donors (Lipinski definition) is 0. The molecule has 0 aliphatic heterocycles. The number of nitrogens with zero attached hydrogens (tertiary/aromatic N) is 1. The van der Waals surface area contributed by atoms with E-state index in [-0.39, 0.29) is 11.8 Å². The van der Waals surface area contributed by atoms with E-state index in [1.165, 1.54) is 5.56 Å². The van der Waals surface area contributed by atoms with Crippen molar-refractivity contribution in [3.05, 3.63) is 83.9 Å². The first-order chi connectivity index (χ1) is 18.9. The summed E-state index contributed by atoms with van der Waals surface area (Å²) in [6.45, 7) is 12.9. The smallest absolute Gasteiger partial charge is 0.331 e. The third-order valence-electron chi connectivity index (χ3n) is 9.10. The van der Waals surface area contributed by atoms with Gasteiger partial charge >= 0.3 is 6.18 Å². The highest BCUT2D eigenvalue weighted by molar-refractivity contribution is 5.73. The topological polar surface area (TPSA) is 0 Å². The molecule has 0 bridgehead atoms. The first-order valence-corrected chi connectivity index (χ1v) is 15.1. The van der Waals surface area contributed by atoms with Gasteiger partial charge in [0.1, 0.15) is 0 Å². The quantitative estimate of drug-likeness (QED) is 0.160. The van der Waals surface area contributed by atoms with Crippen LogP contribution < -0.4 is 0 Å². The van der Waals surface area contributed by atoms with Crippen LogP contribution in [0.1, 0.15) is 84.8 Å². The van der Waals surface area contributed by atoms with Crippen molar-refractivity contribution in [2.75, 3.05) is 27.7 Å². The summed E-state index contributed by atoms with van der Waals surface area (Å²) in [7, 11) is 6.36. The summed E-state index contributed by atoms with van der Waals surface area (Å²) < 4.78 is 46.0. The molecule has 0 fully saturated rings. The predicted octanol–water partition coefficient (Wildman–Crippen LogP) is 10.8. The second-order valence-corrected chi connectivity index (χ2v) is 14.5. The van der Waals surface area contributed by atoms with Crippen LogP contribution in [0.4, 0.5) is 13.2 Å². The van der Waals surface area contributed by atoms with Gasteiger partial charge in [-0.3, -0.25) is 0 Å². The van der Waals surface area contributed by atoms with Crippen LogP contribution in [0, 0.1) is 5.41 Å². The van der Waals surface area contributed by atoms with Gasteiger partial charge in [0.25, 0.3) is 0 Å². The van der Waals surface area contributed by atoms with Crippen LogP contribution in [0.25, 0.3) is 22.3 Å². The maximum atomic E-state index is 15.0. The monoisotopic (exact) mass is 566 g/mol. The van der Waals surface area contributed by atoms with Crippen molar-refractivity contribution >= 4 is 0 Å². The van der Waals surface area contributed by atoms with E-state index in [0.717, 1.165) is 52.5 Å². The van der Waals surface area contributed by atoms with Gasteiger partial charge in [0.2, 0.25) is 0 Å². The molecule has 4 heteroatoms. The van der Waals surface area contributed by atoms with Crippen molar-refractivity contribution in [1.82, 2.24) is 0 Å². The van der Waals surface area contributed by atoms with Gasteiger partial charge in [0.05, 0.1) is 33.1 Å². The van der Waals surface area contributed by atoms with Crippen LogP contribution in [-0.2, 0) is 10.8 Å². The largest absolute Gasteiger partial charge is 0.398 e. The lowest BCUT2D eigenvalue weighted by atomic mass is 9.59. The van der Waals surface area contributed by atoms with Crippen LogP contribution >= 0.6 is 0 Å². The molecule has 0 saturated heterocycles. The molecule has 1 nitrogen and oxygen atoms in total. The Kier molecular flexibility index (Phi) is 9.90. The molecule has 0 N–H and O–H groups in total. The van der Waals surface area contributed by atoms with E-state index in [1.54, 1.807) is 32.9 Å². The molecule has 0 aliphatic carbocycles. The summed E-state index contributed by atoms with van der Waals surface area (Å²) >= 11 is 0. The zero-order chi connectivity index (χ0) is 30.7. The molecule has 0 amide bonds. The normalized spacial score (nSPS) is 14.6. The molecular formula is C37H51F3N+. The summed E-state index contributed by atoms with van der Waals surface area (Å²) in [4.78, 5) is 0. The van der Waals surface area contributed by atoms with E-state index >= 15 is 13.2 Å². The van der Waals surface area contributed by atoms with E-state index in [9.17, 15) is 0 Å². The molecule has 0 aliphatic rings. The Morgan fingerprint density at radius 2 is 1.10 bits per heavy atom. The number of rotatable bonds is 11. The lowest BCUT2D eigenvalue weighted by Gasteiger charge is -2.47. The Bertz CT molecular complexity index is 1240. The molecule has 0 saturated carbocycles. The molecule has 3 rings (SSSR count). The average Bonchev–Trinajstić information content (AvgIpc) is 2.89. The van der Waals surface area contributed by atoms with Crippen molar-refractivity contribution in [2.45, 2.75) is 90.7 Å². The number of quaternary nitrogens is 1. The minimum absolute atomic E-state index is 0.0941. The number of alkyl halides is 3. The van der Waals surface area contributed by atoms with Gasteiger partial charge in [-0.1, -0.05) is 115 Å². The number of halogens is 3. The standard InChI is InChI=1S/C37H51F3N/c1-10-35(5,6)32-21-17-28(18-22-32)30-15-14-16-31(27-30)29-19-23-33(24-20-29)36(34(2,3)4,37(38,39)40)25-12-11-13-26-41(7,8)9/h14-24,27H,10-13,25-26H2,1-9H3/q+1. The van der Waals surface area contributed by atoms with Gasteiger partial charge < -0.3 is 4.48 Å². The molecule has 41 heavy (non-hydrogen) atoms. The molecular weight excluding hydrogens is 515 g/mol. The molecule has 3 aromatic rings. The van der Waals surface area contributed by atoms with Gasteiger partial charge in [0, 0.05) is 0 Å². The highest BCUT2D eigenvalue weighted by atomic mass is 19.4. The second kappa shape index (κ2) is 12.3. The molecule has 0 spiro atoms. The highest BCUT2D eigenvalue weighted by Gasteiger charge is 2.61. The minimum Gasteiger partial charge on any atom is -0.331 e. The van der Waals surface area contributed by atoms with E-state index in [2.05, 4.69) is 78.3 Å². The summed E-state index contributed by atoms with van der Waals surface area (Å²) in [5.74, 6) is 0. The molecule has 0 radical (unpaired) electrons. The Balaban J connectivity index is 1.90. The Morgan fingerprint density at radius 3 is 1.51 bits per heavy atom. The third-order valence-corrected chi connectivity index (χ3v) is 9.10. The number of unbranched alkanes of at least 4 members (excludes halogenated alkanes) is 2. The van der Waals surface area contributed by atoms with Crippen molar-refractivity contribution in [1.29, 1.82) is 0 Å². The van der Waals surface area contributed by atoms with Crippen molar-refractivity contribution < 1.29 is 17.7 Å². The summed E-state index contributed by atoms with van der Waals surface area (Å²) in [6.07, 6.45) is -0.919. The number of hydrogen-bond acceptors (Lipinski definition) is 0.